The monoisotopic (exact) mass is 306 g/mol. The van der Waals surface area contributed by atoms with Crippen LogP contribution in [0.2, 0.25) is 0 Å². The molecule has 0 aromatic carbocycles. The van der Waals surface area contributed by atoms with Crippen molar-refractivity contribution in [3.05, 3.63) is 23.2 Å². The summed E-state index contributed by atoms with van der Waals surface area (Å²) in [4.78, 5) is 15.6. The van der Waals surface area contributed by atoms with Crippen LogP contribution in [0, 0.1) is 11.8 Å². The molecule has 5 nitrogen and oxygen atoms in total. The van der Waals surface area contributed by atoms with Crippen molar-refractivity contribution in [3.8, 4) is 0 Å². The number of aromatic amines is 1. The summed E-state index contributed by atoms with van der Waals surface area (Å²) in [7, 11) is 1.69. The Morgan fingerprint density at radius 3 is 3.33 bits per heavy atom. The number of carbonyl (C=O) groups is 1. The molecule has 2 fully saturated rings. The van der Waals surface area contributed by atoms with Crippen molar-refractivity contribution in [3.63, 3.8) is 0 Å². The van der Waals surface area contributed by atoms with E-state index in [0.717, 1.165) is 23.2 Å². The highest BCUT2D eigenvalue weighted by Gasteiger charge is 2.54. The number of hydrogen-bond acceptors (Lipinski definition) is 4. The van der Waals surface area contributed by atoms with Crippen LogP contribution in [-0.2, 0) is 9.47 Å². The summed E-state index contributed by atoms with van der Waals surface area (Å²) in [5.74, 6) is 0.669. The summed E-state index contributed by atoms with van der Waals surface area (Å²) < 4.78 is 12.1. The van der Waals surface area contributed by atoms with Crippen molar-refractivity contribution < 1.29 is 14.3 Å². The molecule has 1 amide bonds. The summed E-state index contributed by atoms with van der Waals surface area (Å²) in [5.41, 5.74) is 1.66. The van der Waals surface area contributed by atoms with E-state index in [1.165, 1.54) is 0 Å². The molecule has 4 rings (SSSR count). The van der Waals surface area contributed by atoms with Crippen LogP contribution in [0.5, 0.6) is 0 Å². The molecule has 6 heteroatoms. The van der Waals surface area contributed by atoms with E-state index >= 15 is 0 Å². The molecule has 2 aromatic heterocycles. The standard InChI is InChI=1S/C15H18N2O3S/c1-19-7-9-13(8-2-4-20-14(8)9)17-15(18)11-6-12-10(16-11)3-5-21-12/h3,5-6,8-9,13-14,16H,2,4,7H2,1H3,(H,17,18)/t8-,9+,13+,14-/m0/s1. The molecule has 0 spiro atoms. The Bertz CT molecular complexity index is 636. The minimum atomic E-state index is -0.0325. The average molecular weight is 306 g/mol. The number of ether oxygens (including phenoxy) is 2. The van der Waals surface area contributed by atoms with Crippen molar-refractivity contribution in [2.75, 3.05) is 20.3 Å². The van der Waals surface area contributed by atoms with Gasteiger partial charge in [-0.05, 0) is 23.9 Å². The summed E-state index contributed by atoms with van der Waals surface area (Å²) >= 11 is 1.64. The summed E-state index contributed by atoms with van der Waals surface area (Å²) in [6.07, 6.45) is 1.28. The number of thiophene rings is 1. The fourth-order valence-corrected chi connectivity index (χ4v) is 4.42. The number of aromatic nitrogens is 1. The first kappa shape index (κ1) is 13.3. The SMILES string of the molecule is COC[C@@H]1[C@H](NC(=O)c2cc3sccc3[nH]2)[C@@H]2CCO[C@H]12. The van der Waals surface area contributed by atoms with Gasteiger partial charge in [0.05, 0.1) is 22.9 Å². The lowest BCUT2D eigenvalue weighted by atomic mass is 9.67. The van der Waals surface area contributed by atoms with Gasteiger partial charge in [-0.1, -0.05) is 0 Å². The van der Waals surface area contributed by atoms with Crippen molar-refractivity contribution in [1.82, 2.24) is 10.3 Å². The van der Waals surface area contributed by atoms with Gasteiger partial charge in [-0.25, -0.2) is 0 Å². The number of fused-ring (bicyclic) bond motifs is 2. The third-order valence-electron chi connectivity index (χ3n) is 4.67. The Morgan fingerprint density at radius 2 is 2.52 bits per heavy atom. The number of rotatable bonds is 4. The van der Waals surface area contributed by atoms with Gasteiger partial charge < -0.3 is 19.8 Å². The van der Waals surface area contributed by atoms with Crippen LogP contribution >= 0.6 is 11.3 Å². The number of nitrogens with one attached hydrogen (secondary N) is 2. The molecule has 1 aliphatic heterocycles. The molecule has 0 unspecified atom stereocenters. The third-order valence-corrected chi connectivity index (χ3v) is 5.53. The maximum atomic E-state index is 12.4. The highest BCUT2D eigenvalue weighted by molar-refractivity contribution is 7.17. The van der Waals surface area contributed by atoms with Gasteiger partial charge in [-0.2, -0.15) is 0 Å². The lowest BCUT2D eigenvalue weighted by molar-refractivity contribution is -0.0810. The minimum Gasteiger partial charge on any atom is -0.384 e. The van der Waals surface area contributed by atoms with Crippen LogP contribution in [0.4, 0.5) is 0 Å². The topological polar surface area (TPSA) is 63.3 Å². The molecule has 1 saturated heterocycles. The molecule has 112 valence electrons. The van der Waals surface area contributed by atoms with Crippen LogP contribution < -0.4 is 5.32 Å². The molecule has 1 saturated carbocycles. The number of carbonyl (C=O) groups excluding carboxylic acids is 1. The first-order valence-corrected chi connectivity index (χ1v) is 8.13. The first-order chi connectivity index (χ1) is 10.3. The Hall–Kier alpha value is -1.37. The van der Waals surface area contributed by atoms with E-state index in [1.807, 2.05) is 17.5 Å². The van der Waals surface area contributed by atoms with Crippen LogP contribution in [0.1, 0.15) is 16.9 Å². The molecule has 2 N–H and O–H groups in total. The van der Waals surface area contributed by atoms with Crippen LogP contribution in [0.15, 0.2) is 17.5 Å². The van der Waals surface area contributed by atoms with Crippen molar-refractivity contribution in [2.24, 2.45) is 11.8 Å². The lowest BCUT2D eigenvalue weighted by Gasteiger charge is -2.47. The molecule has 1 aliphatic carbocycles. The van der Waals surface area contributed by atoms with Gasteiger partial charge >= 0.3 is 0 Å². The number of amides is 1. The maximum Gasteiger partial charge on any atom is 0.267 e. The van der Waals surface area contributed by atoms with E-state index in [9.17, 15) is 4.79 Å². The Balaban J connectivity index is 1.49. The van der Waals surface area contributed by atoms with Crippen LogP contribution in [-0.4, -0.2) is 43.4 Å². The molecule has 21 heavy (non-hydrogen) atoms. The molecular formula is C15H18N2O3S. The third kappa shape index (κ3) is 2.09. The van der Waals surface area contributed by atoms with Gasteiger partial charge in [0.15, 0.2) is 0 Å². The minimum absolute atomic E-state index is 0.0325. The molecule has 4 atom stereocenters. The van der Waals surface area contributed by atoms with E-state index in [1.54, 1.807) is 18.4 Å². The first-order valence-electron chi connectivity index (χ1n) is 7.25. The van der Waals surface area contributed by atoms with Crippen molar-refractivity contribution >= 4 is 27.5 Å². The lowest BCUT2D eigenvalue weighted by Crippen LogP contribution is -2.62. The van der Waals surface area contributed by atoms with E-state index in [2.05, 4.69) is 10.3 Å². The molecule has 3 heterocycles. The number of H-pyrrole nitrogens is 1. The molecule has 0 bridgehead atoms. The Morgan fingerprint density at radius 1 is 1.62 bits per heavy atom. The summed E-state index contributed by atoms with van der Waals surface area (Å²) in [6.45, 7) is 1.42. The highest BCUT2D eigenvalue weighted by atomic mass is 32.1. The molecule has 2 aliphatic rings. The quantitative estimate of drug-likeness (QED) is 0.908. The van der Waals surface area contributed by atoms with E-state index in [0.29, 0.717) is 18.2 Å². The van der Waals surface area contributed by atoms with E-state index in [4.69, 9.17) is 9.47 Å². The summed E-state index contributed by atoms with van der Waals surface area (Å²) in [6, 6.07) is 4.07. The van der Waals surface area contributed by atoms with Crippen molar-refractivity contribution in [1.29, 1.82) is 0 Å². The number of hydrogen-bond donors (Lipinski definition) is 2. The van der Waals surface area contributed by atoms with E-state index < -0.39 is 0 Å². The average Bonchev–Trinajstić information content (AvgIpc) is 3.15. The van der Waals surface area contributed by atoms with Crippen molar-refractivity contribution in [2.45, 2.75) is 18.6 Å². The van der Waals surface area contributed by atoms with Gasteiger partial charge in [-0.3, -0.25) is 4.79 Å². The second-order valence-corrected chi connectivity index (χ2v) is 6.74. The number of methoxy groups -OCH3 is 1. The predicted octanol–water partition coefficient (Wildman–Crippen LogP) is 2.01. The van der Waals surface area contributed by atoms with Gasteiger partial charge in [0.2, 0.25) is 0 Å². The normalized spacial score (nSPS) is 31.1. The van der Waals surface area contributed by atoms with E-state index in [-0.39, 0.29) is 24.0 Å². The largest absolute Gasteiger partial charge is 0.384 e. The van der Waals surface area contributed by atoms with Gasteiger partial charge in [0.25, 0.3) is 5.91 Å². The van der Waals surface area contributed by atoms with Gasteiger partial charge in [-0.15, -0.1) is 11.3 Å². The highest BCUT2D eigenvalue weighted by Crippen LogP contribution is 2.43. The molecule has 2 aromatic rings. The smallest absolute Gasteiger partial charge is 0.267 e. The van der Waals surface area contributed by atoms with Gasteiger partial charge in [0.1, 0.15) is 5.69 Å². The second-order valence-electron chi connectivity index (χ2n) is 5.79. The van der Waals surface area contributed by atoms with Crippen LogP contribution in [0.25, 0.3) is 10.2 Å². The maximum absolute atomic E-state index is 12.4. The Kier molecular flexibility index (Phi) is 3.24. The fourth-order valence-electron chi connectivity index (χ4n) is 3.63. The fraction of sp³-hybridized carbons (Fsp3) is 0.533. The molecular weight excluding hydrogens is 288 g/mol. The molecule has 0 radical (unpaired) electrons. The van der Waals surface area contributed by atoms with Gasteiger partial charge in [0, 0.05) is 31.6 Å². The van der Waals surface area contributed by atoms with Crippen LogP contribution in [0.3, 0.4) is 0 Å². The zero-order valence-electron chi connectivity index (χ0n) is 11.8. The second kappa shape index (κ2) is 5.12. The predicted molar refractivity (Wildman–Crippen MR) is 80.6 cm³/mol. The summed E-state index contributed by atoms with van der Waals surface area (Å²) in [5, 5.41) is 5.18. The Labute approximate surface area is 126 Å². The zero-order valence-corrected chi connectivity index (χ0v) is 12.6. The zero-order chi connectivity index (χ0) is 14.4.